The van der Waals surface area contributed by atoms with Gasteiger partial charge in [0.25, 0.3) is 0 Å². The number of fused-ring (bicyclic) bond motifs is 1. The molecular weight excluding hydrogens is 182 g/mol. The van der Waals surface area contributed by atoms with Gasteiger partial charge in [-0.25, -0.2) is 0 Å². The first kappa shape index (κ1) is 10.3. The lowest BCUT2D eigenvalue weighted by Crippen LogP contribution is -2.35. The van der Waals surface area contributed by atoms with E-state index in [-0.39, 0.29) is 6.04 Å². The van der Waals surface area contributed by atoms with Crippen LogP contribution in [-0.2, 0) is 12.8 Å². The summed E-state index contributed by atoms with van der Waals surface area (Å²) in [6.45, 7) is 3.05. The summed E-state index contributed by atoms with van der Waals surface area (Å²) in [5.41, 5.74) is 2.95. The molecule has 1 heteroatoms. The Hall–Kier alpha value is -1.26. The smallest absolute Gasteiger partial charge is 0.0721 e. The predicted octanol–water partition coefficient (Wildman–Crippen LogP) is 2.01. The van der Waals surface area contributed by atoms with Crippen molar-refractivity contribution < 1.29 is 0 Å². The molecule has 15 heavy (non-hydrogen) atoms. The topological polar surface area (TPSA) is 12.0 Å². The monoisotopic (exact) mass is 199 g/mol. The number of hydrogen-bond acceptors (Lipinski definition) is 1. The maximum Gasteiger partial charge on any atom is 0.0721 e. The largest absolute Gasteiger partial charge is 0.304 e. The molecule has 0 bridgehead atoms. The first-order valence-corrected chi connectivity index (χ1v) is 5.61. The predicted molar refractivity (Wildman–Crippen MR) is 63.6 cm³/mol. The average molecular weight is 199 g/mol. The zero-order chi connectivity index (χ0) is 10.7. The molecular formula is C14H17N. The maximum absolute atomic E-state index is 5.56. The van der Waals surface area contributed by atoms with Gasteiger partial charge in [0, 0.05) is 0 Å². The second kappa shape index (κ2) is 4.51. The summed E-state index contributed by atoms with van der Waals surface area (Å²) in [6, 6.07) is 8.88. The first-order valence-electron chi connectivity index (χ1n) is 5.61. The van der Waals surface area contributed by atoms with E-state index >= 15 is 0 Å². The zero-order valence-corrected chi connectivity index (χ0v) is 9.16. The summed E-state index contributed by atoms with van der Waals surface area (Å²) in [7, 11) is 0. The third-order valence-electron chi connectivity index (χ3n) is 3.16. The Labute approximate surface area is 91.9 Å². The number of benzene rings is 1. The molecule has 1 aromatic carbocycles. The molecule has 1 aliphatic rings. The van der Waals surface area contributed by atoms with Crippen molar-refractivity contribution in [2.75, 3.05) is 6.54 Å². The van der Waals surface area contributed by atoms with Crippen molar-refractivity contribution in [1.29, 1.82) is 0 Å². The van der Waals surface area contributed by atoms with Crippen molar-refractivity contribution in [3.8, 4) is 12.3 Å². The molecule has 0 saturated heterocycles. The molecule has 0 saturated carbocycles. The highest BCUT2D eigenvalue weighted by molar-refractivity contribution is 5.33. The van der Waals surface area contributed by atoms with Crippen LogP contribution in [0.3, 0.4) is 0 Å². The van der Waals surface area contributed by atoms with Crippen LogP contribution in [-0.4, -0.2) is 12.6 Å². The van der Waals surface area contributed by atoms with Crippen LogP contribution in [0, 0.1) is 18.3 Å². The number of nitrogens with one attached hydrogen (secondary N) is 1. The van der Waals surface area contributed by atoms with E-state index in [1.165, 1.54) is 11.1 Å². The maximum atomic E-state index is 5.56. The Morgan fingerprint density at radius 1 is 1.40 bits per heavy atom. The molecule has 1 aliphatic carbocycles. The van der Waals surface area contributed by atoms with Crippen LogP contribution >= 0.6 is 0 Å². The van der Waals surface area contributed by atoms with Gasteiger partial charge < -0.3 is 5.32 Å². The fourth-order valence-electron chi connectivity index (χ4n) is 2.41. The van der Waals surface area contributed by atoms with Gasteiger partial charge in [0.2, 0.25) is 0 Å². The summed E-state index contributed by atoms with van der Waals surface area (Å²) in [5.74, 6) is 3.44. The normalized spacial score (nSPS) is 17.1. The second-order valence-corrected chi connectivity index (χ2v) is 4.14. The fraction of sp³-hybridized carbons (Fsp3) is 0.429. The van der Waals surface area contributed by atoms with Crippen LogP contribution in [0.5, 0.6) is 0 Å². The minimum absolute atomic E-state index is 0.224. The van der Waals surface area contributed by atoms with E-state index in [0.717, 1.165) is 19.4 Å². The second-order valence-electron chi connectivity index (χ2n) is 4.14. The molecule has 1 N–H and O–H groups in total. The molecule has 0 spiro atoms. The minimum atomic E-state index is 0.224. The molecule has 1 unspecified atom stereocenters. The third-order valence-corrected chi connectivity index (χ3v) is 3.16. The van der Waals surface area contributed by atoms with Gasteiger partial charge in [0.15, 0.2) is 0 Å². The lowest BCUT2D eigenvalue weighted by Gasteiger charge is -2.18. The summed E-state index contributed by atoms with van der Waals surface area (Å²) in [6.07, 6.45) is 7.81. The molecule has 0 aliphatic heterocycles. The highest BCUT2D eigenvalue weighted by Crippen LogP contribution is 2.28. The lowest BCUT2D eigenvalue weighted by atomic mass is 9.97. The molecule has 0 radical (unpaired) electrons. The fourth-order valence-corrected chi connectivity index (χ4v) is 2.41. The van der Waals surface area contributed by atoms with Crippen molar-refractivity contribution in [1.82, 2.24) is 5.32 Å². The van der Waals surface area contributed by atoms with Crippen LogP contribution < -0.4 is 5.32 Å². The Kier molecular flexibility index (Phi) is 3.08. The summed E-state index contributed by atoms with van der Waals surface area (Å²) in [5, 5.41) is 3.37. The van der Waals surface area contributed by atoms with Crippen molar-refractivity contribution in [3.63, 3.8) is 0 Å². The van der Waals surface area contributed by atoms with E-state index in [4.69, 9.17) is 6.42 Å². The number of terminal acetylenes is 1. The van der Waals surface area contributed by atoms with E-state index in [1.54, 1.807) is 0 Å². The van der Waals surface area contributed by atoms with Crippen LogP contribution in [0.2, 0.25) is 0 Å². The van der Waals surface area contributed by atoms with Crippen LogP contribution in [0.4, 0.5) is 0 Å². The molecule has 0 heterocycles. The Morgan fingerprint density at radius 2 is 2.00 bits per heavy atom. The lowest BCUT2D eigenvalue weighted by molar-refractivity contribution is 0.440. The summed E-state index contributed by atoms with van der Waals surface area (Å²) >= 11 is 0. The SMILES string of the molecule is C#CC(NCC)C1Cc2ccccc2C1. The Morgan fingerprint density at radius 3 is 2.47 bits per heavy atom. The molecule has 1 aromatic rings. The van der Waals surface area contributed by atoms with Gasteiger partial charge in [0.1, 0.15) is 0 Å². The van der Waals surface area contributed by atoms with E-state index in [9.17, 15) is 0 Å². The Bertz CT molecular complexity index is 350. The molecule has 0 aromatic heterocycles. The quantitative estimate of drug-likeness (QED) is 0.734. The molecule has 2 rings (SSSR count). The van der Waals surface area contributed by atoms with Crippen LogP contribution in [0.1, 0.15) is 18.1 Å². The first-order chi connectivity index (χ1) is 7.35. The van der Waals surface area contributed by atoms with Gasteiger partial charge in [-0.2, -0.15) is 0 Å². The molecule has 0 amide bonds. The molecule has 0 fully saturated rings. The zero-order valence-electron chi connectivity index (χ0n) is 9.16. The van der Waals surface area contributed by atoms with Gasteiger partial charge in [-0.05, 0) is 36.4 Å². The van der Waals surface area contributed by atoms with E-state index in [1.807, 2.05) is 0 Å². The van der Waals surface area contributed by atoms with Crippen molar-refractivity contribution in [3.05, 3.63) is 35.4 Å². The van der Waals surface area contributed by atoms with Gasteiger partial charge in [-0.3, -0.25) is 0 Å². The molecule has 1 nitrogen and oxygen atoms in total. The highest BCUT2D eigenvalue weighted by Gasteiger charge is 2.26. The highest BCUT2D eigenvalue weighted by atomic mass is 14.9. The molecule has 1 atom stereocenters. The molecule has 78 valence electrons. The standard InChI is InChI=1S/C14H17N/c1-3-14(15-4-2)13-9-11-7-5-6-8-12(11)10-13/h1,5-8,13-15H,4,9-10H2,2H3. The summed E-state index contributed by atoms with van der Waals surface area (Å²) < 4.78 is 0. The van der Waals surface area contributed by atoms with E-state index < -0.39 is 0 Å². The van der Waals surface area contributed by atoms with Crippen LogP contribution in [0.25, 0.3) is 0 Å². The van der Waals surface area contributed by atoms with Crippen LogP contribution in [0.15, 0.2) is 24.3 Å². The van der Waals surface area contributed by atoms with Gasteiger partial charge in [-0.1, -0.05) is 37.1 Å². The van der Waals surface area contributed by atoms with Crippen molar-refractivity contribution in [2.45, 2.75) is 25.8 Å². The van der Waals surface area contributed by atoms with Crippen molar-refractivity contribution in [2.24, 2.45) is 5.92 Å². The number of hydrogen-bond donors (Lipinski definition) is 1. The van der Waals surface area contributed by atoms with E-state index in [0.29, 0.717) is 5.92 Å². The summed E-state index contributed by atoms with van der Waals surface area (Å²) in [4.78, 5) is 0. The van der Waals surface area contributed by atoms with Gasteiger partial charge in [0.05, 0.1) is 6.04 Å². The van der Waals surface area contributed by atoms with Gasteiger partial charge in [-0.15, -0.1) is 6.42 Å². The van der Waals surface area contributed by atoms with Crippen molar-refractivity contribution >= 4 is 0 Å². The minimum Gasteiger partial charge on any atom is -0.304 e. The van der Waals surface area contributed by atoms with E-state index in [2.05, 4.69) is 42.4 Å². The third kappa shape index (κ3) is 2.06. The average Bonchev–Trinajstić information content (AvgIpc) is 2.69. The number of rotatable bonds is 3. The van der Waals surface area contributed by atoms with Gasteiger partial charge >= 0.3 is 0 Å². The Balaban J connectivity index is 2.09.